The van der Waals surface area contributed by atoms with Crippen LogP contribution < -0.4 is 10.2 Å². The smallest absolute Gasteiger partial charge is 0.220 e. The fourth-order valence-electron chi connectivity index (χ4n) is 2.23. The lowest BCUT2D eigenvalue weighted by molar-refractivity contribution is -0.120. The van der Waals surface area contributed by atoms with Gasteiger partial charge in [0.2, 0.25) is 5.91 Å². The van der Waals surface area contributed by atoms with Crippen LogP contribution in [0.5, 0.6) is 0 Å². The Balaban J connectivity index is 1.81. The molecule has 0 saturated carbocycles. The molecule has 2 rings (SSSR count). The maximum absolute atomic E-state index is 11.5. The Morgan fingerprint density at radius 1 is 1.30 bits per heavy atom. The number of morpholine rings is 1. The molecule has 0 bridgehead atoms. The van der Waals surface area contributed by atoms with E-state index in [0.717, 1.165) is 32.7 Å². The zero-order chi connectivity index (χ0) is 14.2. The predicted octanol–water partition coefficient (Wildman–Crippen LogP) is 1.76. The van der Waals surface area contributed by atoms with Gasteiger partial charge in [-0.15, -0.1) is 6.58 Å². The first-order valence-electron chi connectivity index (χ1n) is 7.09. The average molecular weight is 274 g/mol. The summed E-state index contributed by atoms with van der Waals surface area (Å²) in [4.78, 5) is 13.8. The number of carbonyl (C=O) groups excluding carboxylic acids is 1. The average Bonchev–Trinajstić information content (AvgIpc) is 2.52. The highest BCUT2D eigenvalue weighted by Gasteiger charge is 2.10. The molecule has 1 amide bonds. The zero-order valence-electron chi connectivity index (χ0n) is 11.8. The van der Waals surface area contributed by atoms with Gasteiger partial charge in [-0.05, 0) is 24.1 Å². The highest BCUT2D eigenvalue weighted by molar-refractivity contribution is 5.76. The molecule has 20 heavy (non-hydrogen) atoms. The number of nitrogens with one attached hydrogen (secondary N) is 1. The van der Waals surface area contributed by atoms with Crippen molar-refractivity contribution in [2.24, 2.45) is 0 Å². The molecular formula is C16H22N2O2. The Morgan fingerprint density at radius 2 is 2.00 bits per heavy atom. The van der Waals surface area contributed by atoms with Gasteiger partial charge in [-0.25, -0.2) is 0 Å². The summed E-state index contributed by atoms with van der Waals surface area (Å²) in [6.07, 6.45) is 2.98. The topological polar surface area (TPSA) is 41.6 Å². The molecule has 4 nitrogen and oxygen atoms in total. The van der Waals surface area contributed by atoms with Crippen molar-refractivity contribution >= 4 is 11.6 Å². The Morgan fingerprint density at radius 3 is 2.65 bits per heavy atom. The van der Waals surface area contributed by atoms with E-state index < -0.39 is 0 Å². The summed E-state index contributed by atoms with van der Waals surface area (Å²) in [6, 6.07) is 8.46. The molecule has 1 N–H and O–H groups in total. The standard InChI is InChI=1S/C16H22N2O2/c1-2-9-17-16(19)8-5-14-3-6-15(7-4-14)18-10-12-20-13-11-18/h2-4,6-7H,1,5,8-13H2,(H,17,19). The van der Waals surface area contributed by atoms with Crippen molar-refractivity contribution in [3.63, 3.8) is 0 Å². The number of ether oxygens (including phenoxy) is 1. The van der Waals surface area contributed by atoms with Crippen LogP contribution in [0.3, 0.4) is 0 Å². The van der Waals surface area contributed by atoms with Crippen LogP contribution in [0, 0.1) is 0 Å². The molecule has 0 radical (unpaired) electrons. The number of benzene rings is 1. The van der Waals surface area contributed by atoms with E-state index in [2.05, 4.69) is 41.1 Å². The lowest BCUT2D eigenvalue weighted by atomic mass is 10.1. The van der Waals surface area contributed by atoms with Gasteiger partial charge in [0, 0.05) is 31.7 Å². The summed E-state index contributed by atoms with van der Waals surface area (Å²) in [5.74, 6) is 0.0714. The van der Waals surface area contributed by atoms with Crippen molar-refractivity contribution in [1.29, 1.82) is 0 Å². The van der Waals surface area contributed by atoms with Crippen LogP contribution in [0.4, 0.5) is 5.69 Å². The number of nitrogens with zero attached hydrogens (tertiary/aromatic N) is 1. The van der Waals surface area contributed by atoms with Crippen molar-refractivity contribution < 1.29 is 9.53 Å². The maximum atomic E-state index is 11.5. The third-order valence-corrected chi connectivity index (χ3v) is 3.40. The van der Waals surface area contributed by atoms with Crippen molar-refractivity contribution in [3.8, 4) is 0 Å². The maximum Gasteiger partial charge on any atom is 0.220 e. The van der Waals surface area contributed by atoms with Gasteiger partial charge in [0.25, 0.3) is 0 Å². The molecule has 1 aromatic rings. The summed E-state index contributed by atoms with van der Waals surface area (Å²) >= 11 is 0. The van der Waals surface area contributed by atoms with Gasteiger partial charge in [-0.3, -0.25) is 4.79 Å². The monoisotopic (exact) mass is 274 g/mol. The Kier molecular flexibility index (Phi) is 5.62. The number of hydrogen-bond acceptors (Lipinski definition) is 3. The molecule has 4 heteroatoms. The molecule has 1 aliphatic heterocycles. The SMILES string of the molecule is C=CCNC(=O)CCc1ccc(N2CCOCC2)cc1. The highest BCUT2D eigenvalue weighted by atomic mass is 16.5. The van der Waals surface area contributed by atoms with E-state index in [-0.39, 0.29) is 5.91 Å². The summed E-state index contributed by atoms with van der Waals surface area (Å²) in [5.41, 5.74) is 2.42. The van der Waals surface area contributed by atoms with Gasteiger partial charge in [0.05, 0.1) is 13.2 Å². The molecule has 1 aliphatic rings. The second-order valence-electron chi connectivity index (χ2n) is 4.86. The van der Waals surface area contributed by atoms with Gasteiger partial charge in [-0.2, -0.15) is 0 Å². The first-order valence-corrected chi connectivity index (χ1v) is 7.09. The number of anilines is 1. The van der Waals surface area contributed by atoms with Crippen LogP contribution in [0.25, 0.3) is 0 Å². The van der Waals surface area contributed by atoms with Crippen LogP contribution >= 0.6 is 0 Å². The van der Waals surface area contributed by atoms with E-state index in [1.54, 1.807) is 6.08 Å². The molecule has 1 heterocycles. The number of rotatable bonds is 6. The van der Waals surface area contributed by atoms with Crippen molar-refractivity contribution in [2.75, 3.05) is 37.7 Å². The Bertz CT molecular complexity index is 436. The fraction of sp³-hybridized carbons (Fsp3) is 0.438. The Hall–Kier alpha value is -1.81. The first kappa shape index (κ1) is 14.6. The minimum absolute atomic E-state index is 0.0714. The quantitative estimate of drug-likeness (QED) is 0.804. The van der Waals surface area contributed by atoms with Gasteiger partial charge in [0.1, 0.15) is 0 Å². The van der Waals surface area contributed by atoms with E-state index in [4.69, 9.17) is 4.74 Å². The Labute approximate surface area is 120 Å². The van der Waals surface area contributed by atoms with E-state index in [0.29, 0.717) is 13.0 Å². The van der Waals surface area contributed by atoms with E-state index >= 15 is 0 Å². The van der Waals surface area contributed by atoms with E-state index in [1.807, 2.05) is 0 Å². The summed E-state index contributed by atoms with van der Waals surface area (Å²) in [5, 5.41) is 2.79. The fourth-order valence-corrected chi connectivity index (χ4v) is 2.23. The second kappa shape index (κ2) is 7.70. The van der Waals surface area contributed by atoms with Crippen LogP contribution in [0.15, 0.2) is 36.9 Å². The third kappa shape index (κ3) is 4.38. The molecule has 1 fully saturated rings. The number of aryl methyl sites for hydroxylation is 1. The molecule has 0 aromatic heterocycles. The normalized spacial score (nSPS) is 14.9. The molecular weight excluding hydrogens is 252 g/mol. The van der Waals surface area contributed by atoms with Crippen LogP contribution in [-0.2, 0) is 16.0 Å². The van der Waals surface area contributed by atoms with Gasteiger partial charge in [-0.1, -0.05) is 18.2 Å². The van der Waals surface area contributed by atoms with E-state index in [9.17, 15) is 4.79 Å². The summed E-state index contributed by atoms with van der Waals surface area (Å²) < 4.78 is 5.35. The minimum Gasteiger partial charge on any atom is -0.378 e. The van der Waals surface area contributed by atoms with Gasteiger partial charge >= 0.3 is 0 Å². The number of hydrogen-bond donors (Lipinski definition) is 1. The van der Waals surface area contributed by atoms with E-state index in [1.165, 1.54) is 11.3 Å². The van der Waals surface area contributed by atoms with Crippen LogP contribution in [0.2, 0.25) is 0 Å². The molecule has 1 saturated heterocycles. The van der Waals surface area contributed by atoms with Gasteiger partial charge in [0.15, 0.2) is 0 Å². The molecule has 0 aliphatic carbocycles. The summed E-state index contributed by atoms with van der Waals surface area (Å²) in [7, 11) is 0. The van der Waals surface area contributed by atoms with Crippen molar-refractivity contribution in [1.82, 2.24) is 5.32 Å². The zero-order valence-corrected chi connectivity index (χ0v) is 11.8. The van der Waals surface area contributed by atoms with Crippen molar-refractivity contribution in [3.05, 3.63) is 42.5 Å². The first-order chi connectivity index (χ1) is 9.79. The molecule has 108 valence electrons. The highest BCUT2D eigenvalue weighted by Crippen LogP contribution is 2.17. The van der Waals surface area contributed by atoms with Crippen LogP contribution in [0.1, 0.15) is 12.0 Å². The molecule has 0 atom stereocenters. The molecule has 1 aromatic carbocycles. The third-order valence-electron chi connectivity index (χ3n) is 3.40. The lowest BCUT2D eigenvalue weighted by Crippen LogP contribution is -2.36. The second-order valence-corrected chi connectivity index (χ2v) is 4.86. The largest absolute Gasteiger partial charge is 0.378 e. The number of carbonyl (C=O) groups is 1. The number of amides is 1. The minimum atomic E-state index is 0.0714. The molecule has 0 unspecified atom stereocenters. The van der Waals surface area contributed by atoms with Gasteiger partial charge < -0.3 is 15.0 Å². The van der Waals surface area contributed by atoms with Crippen molar-refractivity contribution in [2.45, 2.75) is 12.8 Å². The summed E-state index contributed by atoms with van der Waals surface area (Å²) in [6.45, 7) is 7.60. The predicted molar refractivity (Wildman–Crippen MR) is 81.0 cm³/mol. The lowest BCUT2D eigenvalue weighted by Gasteiger charge is -2.28. The van der Waals surface area contributed by atoms with Crippen LogP contribution in [-0.4, -0.2) is 38.8 Å². The molecule has 0 spiro atoms.